The Morgan fingerprint density at radius 1 is 1.67 bits per heavy atom. The Kier molecular flexibility index (Phi) is 3.33. The molecule has 1 N–H and O–H groups in total. The van der Waals surface area contributed by atoms with Crippen molar-refractivity contribution in [2.24, 2.45) is 0 Å². The Labute approximate surface area is 96.2 Å². The number of aromatic nitrogens is 1. The van der Waals surface area contributed by atoms with Crippen LogP contribution in [0.4, 0.5) is 5.82 Å². The van der Waals surface area contributed by atoms with E-state index in [-0.39, 0.29) is 12.0 Å². The van der Waals surface area contributed by atoms with Gasteiger partial charge in [-0.3, -0.25) is 4.79 Å². The van der Waals surface area contributed by atoms with E-state index in [0.29, 0.717) is 12.4 Å². The van der Waals surface area contributed by atoms with Crippen LogP contribution in [0.25, 0.3) is 0 Å². The number of hydrogen-bond donors (Lipinski definition) is 1. The molecule has 0 bridgehead atoms. The van der Waals surface area contributed by atoms with E-state index in [9.17, 15) is 4.79 Å². The summed E-state index contributed by atoms with van der Waals surface area (Å²) < 4.78 is 6.05. The topological polar surface area (TPSA) is 51.2 Å². The Hall–Kier alpha value is -0.940. The normalized spacial score (nSPS) is 20.2. The lowest BCUT2D eigenvalue weighted by atomic mass is 10.2. The highest BCUT2D eigenvalue weighted by Gasteiger charge is 2.24. The van der Waals surface area contributed by atoms with Gasteiger partial charge in [0.2, 0.25) is 0 Å². The van der Waals surface area contributed by atoms with Crippen molar-refractivity contribution in [3.63, 3.8) is 0 Å². The van der Waals surface area contributed by atoms with E-state index in [4.69, 9.17) is 4.74 Å². The first-order chi connectivity index (χ1) is 7.27. The third kappa shape index (κ3) is 2.54. The summed E-state index contributed by atoms with van der Waals surface area (Å²) in [5.74, 6) is 0.421. The molecule has 0 unspecified atom stereocenters. The minimum absolute atomic E-state index is 0.119. The number of anilines is 1. The maximum absolute atomic E-state index is 11.7. The van der Waals surface area contributed by atoms with Crippen molar-refractivity contribution in [2.45, 2.75) is 18.9 Å². The minimum atomic E-state index is -0.320. The lowest BCUT2D eigenvalue weighted by molar-refractivity contribution is -0.124. The van der Waals surface area contributed by atoms with Crippen LogP contribution >= 0.6 is 15.9 Å². The van der Waals surface area contributed by atoms with E-state index in [1.807, 2.05) is 6.07 Å². The average Bonchev–Trinajstić information content (AvgIpc) is 2.74. The van der Waals surface area contributed by atoms with E-state index in [1.54, 1.807) is 12.3 Å². The predicted octanol–water partition coefficient (Wildman–Crippen LogP) is 1.96. The molecule has 1 aromatic rings. The fourth-order valence-electron chi connectivity index (χ4n) is 1.46. The van der Waals surface area contributed by atoms with E-state index < -0.39 is 0 Å². The molecule has 0 aliphatic carbocycles. The standard InChI is InChI=1S/C10H11BrN2O2/c11-7-3-1-5-12-9(7)13-10(14)8-4-2-6-15-8/h1,3,5,8H,2,4,6H2,(H,12,13,14)/t8-/m0/s1. The first-order valence-electron chi connectivity index (χ1n) is 4.80. The number of carbonyl (C=O) groups excluding carboxylic acids is 1. The van der Waals surface area contributed by atoms with Crippen molar-refractivity contribution < 1.29 is 9.53 Å². The van der Waals surface area contributed by atoms with Crippen LogP contribution in [0.15, 0.2) is 22.8 Å². The first kappa shape index (κ1) is 10.6. The van der Waals surface area contributed by atoms with Crippen LogP contribution in [0.2, 0.25) is 0 Å². The second-order valence-corrected chi connectivity index (χ2v) is 4.18. The molecular weight excluding hydrogens is 260 g/mol. The summed E-state index contributed by atoms with van der Waals surface area (Å²) in [4.78, 5) is 15.7. The molecule has 2 heterocycles. The maximum atomic E-state index is 11.7. The molecule has 80 valence electrons. The zero-order valence-electron chi connectivity index (χ0n) is 8.07. The van der Waals surface area contributed by atoms with Crippen LogP contribution in [0.5, 0.6) is 0 Å². The fourth-order valence-corrected chi connectivity index (χ4v) is 1.81. The van der Waals surface area contributed by atoms with Gasteiger partial charge in [0, 0.05) is 12.8 Å². The monoisotopic (exact) mass is 270 g/mol. The molecular formula is C10H11BrN2O2. The van der Waals surface area contributed by atoms with Gasteiger partial charge in [-0.2, -0.15) is 0 Å². The van der Waals surface area contributed by atoms with Gasteiger partial charge in [0.25, 0.3) is 5.91 Å². The van der Waals surface area contributed by atoms with Crippen molar-refractivity contribution in [3.05, 3.63) is 22.8 Å². The second-order valence-electron chi connectivity index (χ2n) is 3.32. The Morgan fingerprint density at radius 3 is 3.20 bits per heavy atom. The molecule has 0 aromatic carbocycles. The number of carbonyl (C=O) groups is 1. The van der Waals surface area contributed by atoms with Crippen LogP contribution in [0.3, 0.4) is 0 Å². The van der Waals surface area contributed by atoms with E-state index in [0.717, 1.165) is 17.3 Å². The van der Waals surface area contributed by atoms with Crippen molar-refractivity contribution in [2.75, 3.05) is 11.9 Å². The van der Waals surface area contributed by atoms with Crippen molar-refractivity contribution in [1.82, 2.24) is 4.98 Å². The fraction of sp³-hybridized carbons (Fsp3) is 0.400. The number of ether oxygens (including phenoxy) is 1. The molecule has 1 fully saturated rings. The third-order valence-electron chi connectivity index (χ3n) is 2.22. The summed E-state index contributed by atoms with van der Waals surface area (Å²) in [5.41, 5.74) is 0. The summed E-state index contributed by atoms with van der Waals surface area (Å²) in [5, 5.41) is 2.73. The van der Waals surface area contributed by atoms with Crippen LogP contribution in [0.1, 0.15) is 12.8 Å². The molecule has 1 saturated heterocycles. The lowest BCUT2D eigenvalue weighted by Gasteiger charge is -2.10. The molecule has 1 atom stereocenters. The number of amides is 1. The number of rotatable bonds is 2. The SMILES string of the molecule is O=C(Nc1ncccc1Br)[C@@H]1CCCO1. The largest absolute Gasteiger partial charge is 0.368 e. The van der Waals surface area contributed by atoms with Crippen LogP contribution < -0.4 is 5.32 Å². The molecule has 0 saturated carbocycles. The van der Waals surface area contributed by atoms with Gasteiger partial charge < -0.3 is 10.1 Å². The highest BCUT2D eigenvalue weighted by Crippen LogP contribution is 2.20. The van der Waals surface area contributed by atoms with E-state index in [1.165, 1.54) is 0 Å². The maximum Gasteiger partial charge on any atom is 0.254 e. The molecule has 1 aliphatic rings. The molecule has 0 spiro atoms. The van der Waals surface area contributed by atoms with E-state index in [2.05, 4.69) is 26.2 Å². The van der Waals surface area contributed by atoms with Gasteiger partial charge >= 0.3 is 0 Å². The summed E-state index contributed by atoms with van der Waals surface area (Å²) in [7, 11) is 0. The summed E-state index contributed by atoms with van der Waals surface area (Å²) in [6.07, 6.45) is 3.05. The Balaban J connectivity index is 2.02. The van der Waals surface area contributed by atoms with E-state index >= 15 is 0 Å². The van der Waals surface area contributed by atoms with Gasteiger partial charge in [0.05, 0.1) is 4.47 Å². The van der Waals surface area contributed by atoms with Gasteiger partial charge in [-0.05, 0) is 40.9 Å². The molecule has 1 aliphatic heterocycles. The Morgan fingerprint density at radius 2 is 2.53 bits per heavy atom. The summed E-state index contributed by atoms with van der Waals surface area (Å²) >= 11 is 3.32. The lowest BCUT2D eigenvalue weighted by Crippen LogP contribution is -2.27. The molecule has 0 radical (unpaired) electrons. The highest BCUT2D eigenvalue weighted by atomic mass is 79.9. The molecule has 1 aromatic heterocycles. The summed E-state index contributed by atoms with van der Waals surface area (Å²) in [6.45, 7) is 0.668. The van der Waals surface area contributed by atoms with Gasteiger partial charge in [0.1, 0.15) is 11.9 Å². The van der Waals surface area contributed by atoms with Gasteiger partial charge in [0.15, 0.2) is 0 Å². The first-order valence-corrected chi connectivity index (χ1v) is 5.59. The predicted molar refractivity (Wildman–Crippen MR) is 59.5 cm³/mol. The van der Waals surface area contributed by atoms with Gasteiger partial charge in [-0.1, -0.05) is 0 Å². The molecule has 5 heteroatoms. The zero-order valence-corrected chi connectivity index (χ0v) is 9.66. The molecule has 1 amide bonds. The molecule has 2 rings (SSSR count). The molecule has 4 nitrogen and oxygen atoms in total. The average molecular weight is 271 g/mol. The molecule has 15 heavy (non-hydrogen) atoms. The highest BCUT2D eigenvalue weighted by molar-refractivity contribution is 9.10. The van der Waals surface area contributed by atoms with Crippen molar-refractivity contribution >= 4 is 27.7 Å². The van der Waals surface area contributed by atoms with Crippen molar-refractivity contribution in [1.29, 1.82) is 0 Å². The number of pyridine rings is 1. The smallest absolute Gasteiger partial charge is 0.254 e. The van der Waals surface area contributed by atoms with Crippen molar-refractivity contribution in [3.8, 4) is 0 Å². The number of nitrogens with zero attached hydrogens (tertiary/aromatic N) is 1. The minimum Gasteiger partial charge on any atom is -0.368 e. The third-order valence-corrected chi connectivity index (χ3v) is 2.86. The number of halogens is 1. The zero-order chi connectivity index (χ0) is 10.7. The van der Waals surface area contributed by atoms with Crippen LogP contribution in [-0.2, 0) is 9.53 Å². The van der Waals surface area contributed by atoms with Gasteiger partial charge in [-0.15, -0.1) is 0 Å². The number of nitrogens with one attached hydrogen (secondary N) is 1. The second kappa shape index (κ2) is 4.72. The van der Waals surface area contributed by atoms with Gasteiger partial charge in [-0.25, -0.2) is 4.98 Å². The quantitative estimate of drug-likeness (QED) is 0.894. The summed E-state index contributed by atoms with van der Waals surface area (Å²) in [6, 6.07) is 3.63. The Bertz CT molecular complexity index is 364. The number of hydrogen-bond acceptors (Lipinski definition) is 3. The van der Waals surface area contributed by atoms with Crippen LogP contribution in [-0.4, -0.2) is 23.6 Å². The van der Waals surface area contributed by atoms with Crippen LogP contribution in [0, 0.1) is 0 Å².